The molecule has 1 aliphatic heterocycles. The van der Waals surface area contributed by atoms with E-state index >= 15 is 0 Å². The van der Waals surface area contributed by atoms with Gasteiger partial charge in [-0.15, -0.1) is 0 Å². The average Bonchev–Trinajstić information content (AvgIpc) is 3.00. The Morgan fingerprint density at radius 3 is 2.05 bits per heavy atom. The van der Waals surface area contributed by atoms with Crippen molar-refractivity contribution in [3.8, 4) is 0 Å². The van der Waals surface area contributed by atoms with Crippen molar-refractivity contribution in [3.05, 3.63) is 0 Å². The van der Waals surface area contributed by atoms with Crippen molar-refractivity contribution in [2.45, 2.75) is 58.4 Å². The van der Waals surface area contributed by atoms with E-state index in [0.717, 1.165) is 12.6 Å². The van der Waals surface area contributed by atoms with Gasteiger partial charge in [0.1, 0.15) is 0 Å². The molecule has 19 heavy (non-hydrogen) atoms. The van der Waals surface area contributed by atoms with Crippen molar-refractivity contribution >= 4 is 0 Å². The van der Waals surface area contributed by atoms with E-state index in [1.165, 1.54) is 71.2 Å². The molecule has 1 aliphatic carbocycles. The number of hydrogen-bond donors (Lipinski definition) is 1. The summed E-state index contributed by atoms with van der Waals surface area (Å²) < 4.78 is 0. The third-order valence-corrected chi connectivity index (χ3v) is 5.74. The topological polar surface area (TPSA) is 32.5 Å². The van der Waals surface area contributed by atoms with Crippen LogP contribution in [0.25, 0.3) is 0 Å². The second kappa shape index (κ2) is 7.05. The summed E-state index contributed by atoms with van der Waals surface area (Å²) in [6, 6.07) is 0.902. The van der Waals surface area contributed by atoms with E-state index in [4.69, 9.17) is 5.73 Å². The van der Waals surface area contributed by atoms with E-state index in [-0.39, 0.29) is 0 Å². The molecule has 0 unspecified atom stereocenters. The van der Waals surface area contributed by atoms with Crippen LogP contribution in [-0.4, -0.2) is 55.1 Å². The predicted octanol–water partition coefficient (Wildman–Crippen LogP) is 2.31. The Hall–Kier alpha value is -0.120. The van der Waals surface area contributed by atoms with E-state index in [2.05, 4.69) is 23.6 Å². The average molecular weight is 267 g/mol. The van der Waals surface area contributed by atoms with Gasteiger partial charge in [-0.25, -0.2) is 0 Å². The zero-order valence-electron chi connectivity index (χ0n) is 13.0. The highest BCUT2D eigenvalue weighted by atomic mass is 15.3. The van der Waals surface area contributed by atoms with Gasteiger partial charge in [0.2, 0.25) is 0 Å². The van der Waals surface area contributed by atoms with E-state index in [9.17, 15) is 0 Å². The zero-order valence-corrected chi connectivity index (χ0v) is 13.0. The van der Waals surface area contributed by atoms with E-state index in [1.54, 1.807) is 0 Å². The Labute approximate surface area is 119 Å². The first-order chi connectivity index (χ1) is 9.23. The van der Waals surface area contributed by atoms with Gasteiger partial charge in [-0.2, -0.15) is 0 Å². The van der Waals surface area contributed by atoms with Crippen molar-refractivity contribution < 1.29 is 0 Å². The summed E-state index contributed by atoms with van der Waals surface area (Å²) in [4.78, 5) is 5.40. The molecular formula is C16H33N3. The van der Waals surface area contributed by atoms with Crippen LogP contribution >= 0.6 is 0 Å². The third-order valence-electron chi connectivity index (χ3n) is 5.74. The molecule has 0 radical (unpaired) electrons. The summed E-state index contributed by atoms with van der Waals surface area (Å²) in [7, 11) is 0. The molecule has 0 aromatic heterocycles. The molecule has 2 fully saturated rings. The van der Waals surface area contributed by atoms with Gasteiger partial charge in [-0.1, -0.05) is 26.7 Å². The summed E-state index contributed by atoms with van der Waals surface area (Å²) in [5.74, 6) is 0. The van der Waals surface area contributed by atoms with Gasteiger partial charge < -0.3 is 10.6 Å². The molecular weight excluding hydrogens is 234 g/mol. The molecule has 3 nitrogen and oxygen atoms in total. The number of hydrogen-bond acceptors (Lipinski definition) is 3. The summed E-state index contributed by atoms with van der Waals surface area (Å²) in [6.45, 7) is 11.7. The normalized spacial score (nSPS) is 24.2. The minimum Gasteiger partial charge on any atom is -0.330 e. The fraction of sp³-hybridized carbons (Fsp3) is 1.00. The van der Waals surface area contributed by atoms with Crippen LogP contribution < -0.4 is 5.73 Å². The summed E-state index contributed by atoms with van der Waals surface area (Å²) in [5.41, 5.74) is 6.39. The lowest BCUT2D eigenvalue weighted by Gasteiger charge is -2.42. The van der Waals surface area contributed by atoms with Crippen molar-refractivity contribution in [3.63, 3.8) is 0 Å². The van der Waals surface area contributed by atoms with Crippen LogP contribution in [0.1, 0.15) is 52.4 Å². The number of rotatable bonds is 6. The standard InChI is InChI=1S/C16H33N3/c1-3-16(4-2,13-17)14-18-9-11-19(12-10-18)15-7-5-6-8-15/h15H,3-14,17H2,1-2H3. The largest absolute Gasteiger partial charge is 0.330 e. The van der Waals surface area contributed by atoms with Crippen LogP contribution in [0.3, 0.4) is 0 Å². The van der Waals surface area contributed by atoms with Gasteiger partial charge in [-0.05, 0) is 37.6 Å². The minimum absolute atomic E-state index is 0.357. The van der Waals surface area contributed by atoms with Crippen LogP contribution in [0.5, 0.6) is 0 Å². The maximum absolute atomic E-state index is 6.04. The molecule has 2 rings (SSSR count). The summed E-state index contributed by atoms with van der Waals surface area (Å²) in [5, 5.41) is 0. The maximum atomic E-state index is 6.04. The SMILES string of the molecule is CCC(CC)(CN)CN1CCN(C2CCCC2)CC1. The number of nitrogens with zero attached hydrogens (tertiary/aromatic N) is 2. The molecule has 0 amide bonds. The Balaban J connectivity index is 1.79. The first-order valence-electron chi connectivity index (χ1n) is 8.39. The van der Waals surface area contributed by atoms with Gasteiger partial charge in [0.05, 0.1) is 0 Å². The first kappa shape index (κ1) is 15.3. The Kier molecular flexibility index (Phi) is 5.67. The van der Waals surface area contributed by atoms with Crippen molar-refractivity contribution in [2.75, 3.05) is 39.3 Å². The molecule has 112 valence electrons. The lowest BCUT2D eigenvalue weighted by Crippen LogP contribution is -2.53. The molecule has 2 N–H and O–H groups in total. The van der Waals surface area contributed by atoms with Crippen molar-refractivity contribution in [1.29, 1.82) is 0 Å². The molecule has 1 saturated carbocycles. The fourth-order valence-corrected chi connectivity index (χ4v) is 3.86. The number of piperazine rings is 1. The second-order valence-electron chi connectivity index (χ2n) is 6.66. The zero-order chi connectivity index (χ0) is 13.7. The predicted molar refractivity (Wildman–Crippen MR) is 82.3 cm³/mol. The Morgan fingerprint density at radius 1 is 1.00 bits per heavy atom. The molecule has 0 spiro atoms. The summed E-state index contributed by atoms with van der Waals surface area (Å²) >= 11 is 0. The van der Waals surface area contributed by atoms with Gasteiger partial charge in [0.15, 0.2) is 0 Å². The van der Waals surface area contributed by atoms with Crippen LogP contribution in [0.15, 0.2) is 0 Å². The highest BCUT2D eigenvalue weighted by molar-refractivity contribution is 4.86. The van der Waals surface area contributed by atoms with Crippen LogP contribution in [0.2, 0.25) is 0 Å². The van der Waals surface area contributed by atoms with Gasteiger partial charge in [0.25, 0.3) is 0 Å². The van der Waals surface area contributed by atoms with Crippen LogP contribution in [0.4, 0.5) is 0 Å². The summed E-state index contributed by atoms with van der Waals surface area (Å²) in [6.07, 6.45) is 8.21. The lowest BCUT2D eigenvalue weighted by atomic mass is 9.81. The van der Waals surface area contributed by atoms with E-state index < -0.39 is 0 Å². The Morgan fingerprint density at radius 2 is 1.58 bits per heavy atom. The first-order valence-corrected chi connectivity index (χ1v) is 8.39. The van der Waals surface area contributed by atoms with E-state index in [1.807, 2.05) is 0 Å². The number of nitrogens with two attached hydrogens (primary N) is 1. The van der Waals surface area contributed by atoms with E-state index in [0.29, 0.717) is 5.41 Å². The van der Waals surface area contributed by atoms with Crippen LogP contribution in [0, 0.1) is 5.41 Å². The van der Waals surface area contributed by atoms with Gasteiger partial charge in [0, 0.05) is 38.8 Å². The van der Waals surface area contributed by atoms with Crippen LogP contribution in [-0.2, 0) is 0 Å². The smallest absolute Gasteiger partial charge is 0.0113 e. The molecule has 1 saturated heterocycles. The molecule has 3 heteroatoms. The lowest BCUT2D eigenvalue weighted by molar-refractivity contribution is 0.0628. The van der Waals surface area contributed by atoms with Crippen molar-refractivity contribution in [2.24, 2.45) is 11.1 Å². The second-order valence-corrected chi connectivity index (χ2v) is 6.66. The quantitative estimate of drug-likeness (QED) is 0.801. The Bertz CT molecular complexity index is 240. The van der Waals surface area contributed by atoms with Gasteiger partial charge in [-0.3, -0.25) is 4.90 Å². The molecule has 1 heterocycles. The highest BCUT2D eigenvalue weighted by Crippen LogP contribution is 2.28. The maximum Gasteiger partial charge on any atom is 0.0113 e. The molecule has 2 aliphatic rings. The molecule has 0 aromatic rings. The third kappa shape index (κ3) is 3.71. The molecule has 0 aromatic carbocycles. The van der Waals surface area contributed by atoms with Crippen molar-refractivity contribution in [1.82, 2.24) is 9.80 Å². The molecule has 0 atom stereocenters. The minimum atomic E-state index is 0.357. The highest BCUT2D eigenvalue weighted by Gasteiger charge is 2.31. The monoisotopic (exact) mass is 267 g/mol. The molecule has 0 bridgehead atoms. The fourth-order valence-electron chi connectivity index (χ4n) is 3.86. The van der Waals surface area contributed by atoms with Gasteiger partial charge >= 0.3 is 0 Å².